The number of carbonyl (C=O) groups excluding carboxylic acids is 2. The first-order valence-corrected chi connectivity index (χ1v) is 11.5. The van der Waals surface area contributed by atoms with Crippen molar-refractivity contribution in [3.63, 3.8) is 0 Å². The highest BCUT2D eigenvalue weighted by atomic mass is 16.7. The van der Waals surface area contributed by atoms with Crippen LogP contribution in [0.5, 0.6) is 0 Å². The molecule has 0 spiro atoms. The zero-order chi connectivity index (χ0) is 26.5. The standard InChI is InChI=1S/C23H32O13/c24-9-14-19(28)21(30)18(27)13(35-14)8-23(32)22(31)20(29)15(36-23)11-34-17(26)7-6-16(25)33-10-12-4-2-1-3-5-12/h1-5,13-15,18-22,24,27-32H,6-11H2. The summed E-state index contributed by atoms with van der Waals surface area (Å²) in [6.07, 6.45) is -13.8. The number of hydrogen-bond donors (Lipinski definition) is 7. The van der Waals surface area contributed by atoms with Gasteiger partial charge in [-0.2, -0.15) is 0 Å². The molecule has 2 aliphatic rings. The predicted octanol–water partition coefficient (Wildman–Crippen LogP) is -2.91. The number of benzene rings is 1. The Morgan fingerprint density at radius 3 is 2.08 bits per heavy atom. The summed E-state index contributed by atoms with van der Waals surface area (Å²) in [7, 11) is 0. The highest BCUT2D eigenvalue weighted by Crippen LogP contribution is 2.36. The van der Waals surface area contributed by atoms with E-state index in [4.69, 9.17) is 18.9 Å². The van der Waals surface area contributed by atoms with Gasteiger partial charge in [0.2, 0.25) is 0 Å². The number of aliphatic hydroxyl groups is 7. The summed E-state index contributed by atoms with van der Waals surface area (Å²) in [5.41, 5.74) is 0.788. The Balaban J connectivity index is 1.45. The molecule has 3 rings (SSSR count). The topological polar surface area (TPSA) is 213 Å². The van der Waals surface area contributed by atoms with Crippen molar-refractivity contribution in [1.29, 1.82) is 0 Å². The van der Waals surface area contributed by atoms with E-state index in [1.807, 2.05) is 6.07 Å². The fourth-order valence-corrected chi connectivity index (χ4v) is 4.07. The van der Waals surface area contributed by atoms with Gasteiger partial charge in [-0.05, 0) is 5.56 Å². The molecular formula is C23H32O13. The number of aliphatic hydroxyl groups excluding tert-OH is 6. The average molecular weight is 516 g/mol. The minimum absolute atomic E-state index is 0.0573. The normalized spacial score (nSPS) is 36.4. The Labute approximate surface area is 206 Å². The van der Waals surface area contributed by atoms with Gasteiger partial charge in [-0.3, -0.25) is 9.59 Å². The molecule has 2 aliphatic heterocycles. The van der Waals surface area contributed by atoms with Crippen LogP contribution in [0.2, 0.25) is 0 Å². The van der Waals surface area contributed by atoms with E-state index in [9.17, 15) is 45.3 Å². The Kier molecular flexibility index (Phi) is 9.74. The van der Waals surface area contributed by atoms with E-state index in [-0.39, 0.29) is 19.4 Å². The maximum Gasteiger partial charge on any atom is 0.306 e. The quantitative estimate of drug-likeness (QED) is 0.156. The van der Waals surface area contributed by atoms with Crippen molar-refractivity contribution < 1.29 is 64.3 Å². The van der Waals surface area contributed by atoms with E-state index in [2.05, 4.69) is 0 Å². The summed E-state index contributed by atoms with van der Waals surface area (Å²) >= 11 is 0. The van der Waals surface area contributed by atoms with Crippen LogP contribution in [-0.2, 0) is 35.1 Å². The molecule has 1 aromatic carbocycles. The van der Waals surface area contributed by atoms with E-state index < -0.39 is 86.2 Å². The lowest BCUT2D eigenvalue weighted by Gasteiger charge is -2.42. The molecule has 0 bridgehead atoms. The van der Waals surface area contributed by atoms with Gasteiger partial charge >= 0.3 is 11.9 Å². The second kappa shape index (κ2) is 12.4. The van der Waals surface area contributed by atoms with Gasteiger partial charge in [0.05, 0.1) is 25.6 Å². The lowest BCUT2D eigenvalue weighted by molar-refractivity contribution is -0.283. The molecule has 2 saturated heterocycles. The summed E-state index contributed by atoms with van der Waals surface area (Å²) < 4.78 is 20.7. The molecule has 0 amide bonds. The van der Waals surface area contributed by atoms with Crippen molar-refractivity contribution in [3.05, 3.63) is 35.9 Å². The molecule has 0 radical (unpaired) electrons. The maximum atomic E-state index is 12.0. The van der Waals surface area contributed by atoms with Crippen LogP contribution >= 0.6 is 0 Å². The number of ether oxygens (including phenoxy) is 4. The molecule has 202 valence electrons. The minimum Gasteiger partial charge on any atom is -0.463 e. The van der Waals surface area contributed by atoms with Crippen molar-refractivity contribution in [1.82, 2.24) is 0 Å². The first kappa shape index (κ1) is 28.4. The van der Waals surface area contributed by atoms with Crippen molar-refractivity contribution in [3.8, 4) is 0 Å². The largest absolute Gasteiger partial charge is 0.463 e. The molecule has 2 fully saturated rings. The zero-order valence-electron chi connectivity index (χ0n) is 19.3. The van der Waals surface area contributed by atoms with Crippen LogP contribution in [0.4, 0.5) is 0 Å². The SMILES string of the molecule is O=C(CCC(=O)OCC1OC(O)(CC2OC(CO)C(O)C(O)C2O)C(O)C1O)OCc1ccccc1. The number of hydrogen-bond acceptors (Lipinski definition) is 13. The van der Waals surface area contributed by atoms with Gasteiger partial charge in [0.25, 0.3) is 0 Å². The van der Waals surface area contributed by atoms with Crippen molar-refractivity contribution in [2.45, 2.75) is 80.5 Å². The van der Waals surface area contributed by atoms with E-state index in [1.165, 1.54) is 0 Å². The first-order chi connectivity index (χ1) is 17.1. The molecule has 36 heavy (non-hydrogen) atoms. The molecule has 7 N–H and O–H groups in total. The molecule has 9 unspecified atom stereocenters. The fraction of sp³-hybridized carbons (Fsp3) is 0.652. The minimum atomic E-state index is -2.47. The third-order valence-corrected chi connectivity index (χ3v) is 6.19. The van der Waals surface area contributed by atoms with Gasteiger partial charge in [-0.25, -0.2) is 0 Å². The van der Waals surface area contributed by atoms with Gasteiger partial charge in [0.1, 0.15) is 55.9 Å². The Hall–Kier alpha value is -2.20. The van der Waals surface area contributed by atoms with Gasteiger partial charge < -0.3 is 54.7 Å². The van der Waals surface area contributed by atoms with Crippen LogP contribution < -0.4 is 0 Å². The van der Waals surface area contributed by atoms with Crippen LogP contribution in [-0.4, -0.2) is 116 Å². The molecule has 9 atom stereocenters. The summed E-state index contributed by atoms with van der Waals surface area (Å²) in [6, 6.07) is 8.97. The Morgan fingerprint density at radius 1 is 0.833 bits per heavy atom. The predicted molar refractivity (Wildman–Crippen MR) is 117 cm³/mol. The number of esters is 2. The van der Waals surface area contributed by atoms with Crippen molar-refractivity contribution >= 4 is 11.9 Å². The summed E-state index contributed by atoms with van der Waals surface area (Å²) in [5, 5.41) is 70.5. The molecule has 2 heterocycles. The van der Waals surface area contributed by atoms with Crippen LogP contribution in [0.15, 0.2) is 30.3 Å². The average Bonchev–Trinajstić information content (AvgIpc) is 3.09. The van der Waals surface area contributed by atoms with E-state index in [1.54, 1.807) is 24.3 Å². The van der Waals surface area contributed by atoms with Gasteiger partial charge in [0, 0.05) is 6.42 Å². The van der Waals surface area contributed by atoms with E-state index in [0.717, 1.165) is 5.56 Å². The first-order valence-electron chi connectivity index (χ1n) is 11.5. The van der Waals surface area contributed by atoms with E-state index >= 15 is 0 Å². The second-order valence-corrected chi connectivity index (χ2v) is 8.84. The summed E-state index contributed by atoms with van der Waals surface area (Å²) in [6.45, 7) is -1.20. The smallest absolute Gasteiger partial charge is 0.306 e. The van der Waals surface area contributed by atoms with Crippen LogP contribution in [0.1, 0.15) is 24.8 Å². The molecule has 0 saturated carbocycles. The van der Waals surface area contributed by atoms with Crippen LogP contribution in [0.3, 0.4) is 0 Å². The summed E-state index contributed by atoms with van der Waals surface area (Å²) in [4.78, 5) is 23.8. The van der Waals surface area contributed by atoms with Gasteiger partial charge in [-0.15, -0.1) is 0 Å². The fourth-order valence-electron chi connectivity index (χ4n) is 4.07. The third kappa shape index (κ3) is 6.76. The van der Waals surface area contributed by atoms with Crippen LogP contribution in [0.25, 0.3) is 0 Å². The monoisotopic (exact) mass is 516 g/mol. The van der Waals surface area contributed by atoms with Gasteiger partial charge in [0.15, 0.2) is 5.79 Å². The number of rotatable bonds is 10. The maximum absolute atomic E-state index is 12.0. The Bertz CT molecular complexity index is 865. The third-order valence-electron chi connectivity index (χ3n) is 6.19. The lowest BCUT2D eigenvalue weighted by Crippen LogP contribution is -2.60. The zero-order valence-corrected chi connectivity index (χ0v) is 19.3. The van der Waals surface area contributed by atoms with Gasteiger partial charge in [-0.1, -0.05) is 30.3 Å². The lowest BCUT2D eigenvalue weighted by atomic mass is 9.89. The molecule has 0 aliphatic carbocycles. The molecule has 13 heteroatoms. The van der Waals surface area contributed by atoms with Crippen molar-refractivity contribution in [2.75, 3.05) is 13.2 Å². The highest BCUT2D eigenvalue weighted by molar-refractivity contribution is 5.77. The van der Waals surface area contributed by atoms with Crippen LogP contribution in [0, 0.1) is 0 Å². The van der Waals surface area contributed by atoms with Crippen molar-refractivity contribution in [2.24, 2.45) is 0 Å². The molecular weight excluding hydrogens is 484 g/mol. The molecule has 0 aromatic heterocycles. The Morgan fingerprint density at radius 2 is 1.44 bits per heavy atom. The molecule has 1 aromatic rings. The second-order valence-electron chi connectivity index (χ2n) is 8.84. The summed E-state index contributed by atoms with van der Waals surface area (Å²) in [5.74, 6) is -3.88. The number of carbonyl (C=O) groups is 2. The molecule has 13 nitrogen and oxygen atoms in total. The highest BCUT2D eigenvalue weighted by Gasteiger charge is 2.56. The van der Waals surface area contributed by atoms with E-state index in [0.29, 0.717) is 0 Å².